The molecule has 1 aromatic carbocycles. The third-order valence-electron chi connectivity index (χ3n) is 3.19. The number of anilines is 1. The van der Waals surface area contributed by atoms with Crippen LogP contribution in [0.15, 0.2) is 47.1 Å². The van der Waals surface area contributed by atoms with Crippen LogP contribution in [0.1, 0.15) is 18.2 Å². The van der Waals surface area contributed by atoms with E-state index in [-0.39, 0.29) is 0 Å². The molecular formula is C16H22N2O. The Morgan fingerprint density at radius 3 is 2.47 bits per heavy atom. The van der Waals surface area contributed by atoms with E-state index in [1.807, 2.05) is 12.1 Å². The Labute approximate surface area is 115 Å². The Balaban J connectivity index is 1.81. The van der Waals surface area contributed by atoms with Crippen molar-refractivity contribution in [1.82, 2.24) is 5.32 Å². The summed E-state index contributed by atoms with van der Waals surface area (Å²) in [5, 5.41) is 3.51. The molecule has 0 radical (unpaired) electrons. The summed E-state index contributed by atoms with van der Waals surface area (Å²) in [5.74, 6) is 1.03. The van der Waals surface area contributed by atoms with Gasteiger partial charge in [-0.1, -0.05) is 12.1 Å². The molecule has 0 fully saturated rings. The van der Waals surface area contributed by atoms with Crippen LogP contribution in [0.25, 0.3) is 0 Å². The fraction of sp³-hybridized carbons (Fsp3) is 0.375. The molecule has 0 saturated carbocycles. The molecule has 19 heavy (non-hydrogen) atoms. The summed E-state index contributed by atoms with van der Waals surface area (Å²) in [6, 6.07) is 13.0. The minimum Gasteiger partial charge on any atom is -0.469 e. The highest BCUT2D eigenvalue weighted by atomic mass is 16.3. The Morgan fingerprint density at radius 1 is 1.16 bits per heavy atom. The first-order chi connectivity index (χ1) is 9.15. The monoisotopic (exact) mass is 258 g/mol. The quantitative estimate of drug-likeness (QED) is 0.863. The van der Waals surface area contributed by atoms with Gasteiger partial charge in [0.2, 0.25) is 0 Å². The van der Waals surface area contributed by atoms with Crippen LogP contribution in [0.3, 0.4) is 0 Å². The smallest absolute Gasteiger partial charge is 0.105 e. The van der Waals surface area contributed by atoms with Crippen molar-refractivity contribution in [2.24, 2.45) is 0 Å². The summed E-state index contributed by atoms with van der Waals surface area (Å²) in [4.78, 5) is 2.11. The second kappa shape index (κ2) is 6.43. The predicted octanol–water partition coefficient (Wildman–Crippen LogP) is 3.07. The Morgan fingerprint density at radius 2 is 1.89 bits per heavy atom. The minimum atomic E-state index is 0.402. The number of hydrogen-bond acceptors (Lipinski definition) is 3. The lowest BCUT2D eigenvalue weighted by Gasteiger charge is -2.15. The van der Waals surface area contributed by atoms with E-state index in [0.717, 1.165) is 18.7 Å². The van der Waals surface area contributed by atoms with E-state index in [1.165, 1.54) is 11.3 Å². The number of rotatable bonds is 6. The fourth-order valence-electron chi connectivity index (χ4n) is 2.01. The molecule has 1 unspecified atom stereocenters. The molecule has 3 heteroatoms. The first-order valence-electron chi connectivity index (χ1n) is 6.67. The van der Waals surface area contributed by atoms with Gasteiger partial charge in [0.15, 0.2) is 0 Å². The van der Waals surface area contributed by atoms with E-state index in [2.05, 4.69) is 55.5 Å². The SMILES string of the molecule is CC(Cc1ccco1)NCc1ccc(N(C)C)cc1. The van der Waals surface area contributed by atoms with Gasteiger partial charge in [-0.3, -0.25) is 0 Å². The molecule has 0 bridgehead atoms. The zero-order chi connectivity index (χ0) is 13.7. The van der Waals surface area contributed by atoms with E-state index in [1.54, 1.807) is 6.26 Å². The Hall–Kier alpha value is -1.74. The van der Waals surface area contributed by atoms with Gasteiger partial charge in [-0.25, -0.2) is 0 Å². The summed E-state index contributed by atoms with van der Waals surface area (Å²) in [5.41, 5.74) is 2.53. The molecule has 102 valence electrons. The van der Waals surface area contributed by atoms with E-state index in [9.17, 15) is 0 Å². The average Bonchev–Trinajstić information content (AvgIpc) is 2.89. The van der Waals surface area contributed by atoms with Crippen LogP contribution in [-0.4, -0.2) is 20.1 Å². The van der Waals surface area contributed by atoms with Crippen LogP contribution in [0.2, 0.25) is 0 Å². The van der Waals surface area contributed by atoms with Crippen molar-refractivity contribution in [2.45, 2.75) is 25.9 Å². The topological polar surface area (TPSA) is 28.4 Å². The van der Waals surface area contributed by atoms with Crippen LogP contribution in [0, 0.1) is 0 Å². The summed E-state index contributed by atoms with van der Waals surface area (Å²) in [6.07, 6.45) is 2.64. The van der Waals surface area contributed by atoms with Crippen molar-refractivity contribution in [3.8, 4) is 0 Å². The first kappa shape index (κ1) is 13.7. The second-order valence-electron chi connectivity index (χ2n) is 5.13. The molecule has 1 heterocycles. The molecule has 0 aliphatic carbocycles. The van der Waals surface area contributed by atoms with Crippen molar-refractivity contribution >= 4 is 5.69 Å². The van der Waals surface area contributed by atoms with Gasteiger partial charge in [0, 0.05) is 38.8 Å². The van der Waals surface area contributed by atoms with Gasteiger partial charge in [-0.2, -0.15) is 0 Å². The highest BCUT2D eigenvalue weighted by molar-refractivity contribution is 5.45. The van der Waals surface area contributed by atoms with Crippen molar-refractivity contribution in [3.05, 3.63) is 54.0 Å². The summed E-state index contributed by atoms with van der Waals surface area (Å²) >= 11 is 0. The fourth-order valence-corrected chi connectivity index (χ4v) is 2.01. The van der Waals surface area contributed by atoms with Crippen molar-refractivity contribution < 1.29 is 4.42 Å². The zero-order valence-electron chi connectivity index (χ0n) is 11.9. The van der Waals surface area contributed by atoms with Crippen LogP contribution in [0.4, 0.5) is 5.69 Å². The largest absolute Gasteiger partial charge is 0.469 e. The van der Waals surface area contributed by atoms with Gasteiger partial charge in [0.05, 0.1) is 6.26 Å². The van der Waals surface area contributed by atoms with E-state index < -0.39 is 0 Å². The standard InChI is InChI=1S/C16H22N2O/c1-13(11-16-5-4-10-19-16)17-12-14-6-8-15(9-7-14)18(2)3/h4-10,13,17H,11-12H2,1-3H3. The lowest BCUT2D eigenvalue weighted by atomic mass is 10.1. The van der Waals surface area contributed by atoms with Crippen molar-refractivity contribution in [3.63, 3.8) is 0 Å². The summed E-state index contributed by atoms with van der Waals surface area (Å²) < 4.78 is 5.35. The van der Waals surface area contributed by atoms with Crippen LogP contribution in [0.5, 0.6) is 0 Å². The lowest BCUT2D eigenvalue weighted by Crippen LogP contribution is -2.27. The Bertz CT molecular complexity index is 474. The Kier molecular flexibility index (Phi) is 4.63. The predicted molar refractivity (Wildman–Crippen MR) is 79.5 cm³/mol. The summed E-state index contributed by atoms with van der Waals surface area (Å²) in [6.45, 7) is 3.06. The maximum absolute atomic E-state index is 5.35. The molecule has 0 amide bonds. The number of benzene rings is 1. The number of hydrogen-bond donors (Lipinski definition) is 1. The lowest BCUT2D eigenvalue weighted by molar-refractivity contribution is 0.456. The average molecular weight is 258 g/mol. The highest BCUT2D eigenvalue weighted by Crippen LogP contribution is 2.12. The van der Waals surface area contributed by atoms with Crippen LogP contribution in [-0.2, 0) is 13.0 Å². The molecule has 1 atom stereocenters. The van der Waals surface area contributed by atoms with Crippen LogP contribution >= 0.6 is 0 Å². The molecule has 2 aromatic rings. The number of nitrogens with one attached hydrogen (secondary N) is 1. The molecule has 0 aliphatic rings. The number of furan rings is 1. The van der Waals surface area contributed by atoms with E-state index in [0.29, 0.717) is 6.04 Å². The van der Waals surface area contributed by atoms with Crippen molar-refractivity contribution in [2.75, 3.05) is 19.0 Å². The maximum Gasteiger partial charge on any atom is 0.105 e. The maximum atomic E-state index is 5.35. The molecule has 3 nitrogen and oxygen atoms in total. The summed E-state index contributed by atoms with van der Waals surface area (Å²) in [7, 11) is 4.11. The van der Waals surface area contributed by atoms with Gasteiger partial charge >= 0.3 is 0 Å². The van der Waals surface area contributed by atoms with Crippen molar-refractivity contribution in [1.29, 1.82) is 0 Å². The molecule has 1 N–H and O–H groups in total. The van der Waals surface area contributed by atoms with Gasteiger partial charge in [0.1, 0.15) is 5.76 Å². The normalized spacial score (nSPS) is 12.4. The first-order valence-corrected chi connectivity index (χ1v) is 6.67. The van der Waals surface area contributed by atoms with Gasteiger partial charge in [-0.05, 0) is 36.8 Å². The minimum absolute atomic E-state index is 0.402. The molecule has 2 rings (SSSR count). The zero-order valence-corrected chi connectivity index (χ0v) is 11.9. The molecule has 0 spiro atoms. The van der Waals surface area contributed by atoms with Gasteiger partial charge in [-0.15, -0.1) is 0 Å². The molecule has 0 aliphatic heterocycles. The second-order valence-corrected chi connectivity index (χ2v) is 5.13. The van der Waals surface area contributed by atoms with Crippen LogP contribution < -0.4 is 10.2 Å². The number of nitrogens with zero attached hydrogens (tertiary/aromatic N) is 1. The molecule has 1 aromatic heterocycles. The third-order valence-corrected chi connectivity index (χ3v) is 3.19. The molecular weight excluding hydrogens is 236 g/mol. The molecule has 0 saturated heterocycles. The highest BCUT2D eigenvalue weighted by Gasteiger charge is 2.05. The van der Waals surface area contributed by atoms with E-state index in [4.69, 9.17) is 4.42 Å². The third kappa shape index (κ3) is 4.14. The van der Waals surface area contributed by atoms with Gasteiger partial charge in [0.25, 0.3) is 0 Å². The van der Waals surface area contributed by atoms with E-state index >= 15 is 0 Å². The van der Waals surface area contributed by atoms with Gasteiger partial charge < -0.3 is 14.6 Å².